The Balaban J connectivity index is 1.53. The molecule has 0 radical (unpaired) electrons. The van der Waals surface area contributed by atoms with Gasteiger partial charge >= 0.3 is 18.1 Å². The fourth-order valence-corrected chi connectivity index (χ4v) is 3.27. The number of hydrogen-bond donors (Lipinski definition) is 2. The zero-order valence-electron chi connectivity index (χ0n) is 16.5. The molecule has 1 aliphatic heterocycles. The first-order valence-corrected chi connectivity index (χ1v) is 9.11. The second-order valence-corrected chi connectivity index (χ2v) is 6.78. The third-order valence-corrected chi connectivity index (χ3v) is 4.89. The van der Waals surface area contributed by atoms with E-state index in [1.165, 1.54) is 17.8 Å². The molecule has 13 nitrogen and oxygen atoms in total. The lowest BCUT2D eigenvalue weighted by molar-refractivity contribution is -0.0983. The second-order valence-electron chi connectivity index (χ2n) is 6.78. The Hall–Kier alpha value is -3.96. The molecule has 3 aromatic heterocycles. The molecular weight excluding hydrogens is 433 g/mol. The lowest BCUT2D eigenvalue weighted by Crippen LogP contribution is -2.44. The quantitative estimate of drug-likeness (QED) is 0.312. The van der Waals surface area contributed by atoms with Gasteiger partial charge in [0, 0.05) is 6.42 Å². The van der Waals surface area contributed by atoms with Gasteiger partial charge in [-0.2, -0.15) is 14.4 Å². The summed E-state index contributed by atoms with van der Waals surface area (Å²) in [7, 11) is 0. The van der Waals surface area contributed by atoms with Gasteiger partial charge in [0.25, 0.3) is 0 Å². The van der Waals surface area contributed by atoms with Crippen molar-refractivity contribution in [3.05, 3.63) is 34.5 Å². The number of fused-ring (bicyclic) bond motifs is 1. The molecule has 4 heterocycles. The lowest BCUT2D eigenvalue weighted by atomic mass is 9.99. The number of aliphatic hydroxyl groups excluding tert-OH is 1. The van der Waals surface area contributed by atoms with Gasteiger partial charge in [0.1, 0.15) is 6.23 Å². The number of nitrogens with zero attached hydrogens (tertiary/aromatic N) is 4. The van der Waals surface area contributed by atoms with Crippen molar-refractivity contribution in [3.8, 4) is 12.3 Å². The summed E-state index contributed by atoms with van der Waals surface area (Å²) in [5.41, 5.74) is 4.09. The van der Waals surface area contributed by atoms with E-state index in [9.17, 15) is 19.1 Å². The Morgan fingerprint density at radius 3 is 2.94 bits per heavy atom. The lowest BCUT2D eigenvalue weighted by Gasteiger charge is -2.26. The van der Waals surface area contributed by atoms with Crippen molar-refractivity contribution in [2.75, 3.05) is 12.3 Å². The van der Waals surface area contributed by atoms with Crippen molar-refractivity contribution in [2.45, 2.75) is 37.9 Å². The molecule has 4 rings (SSSR count). The number of anilines is 1. The molecule has 3 N–H and O–H groups in total. The van der Waals surface area contributed by atoms with Crippen LogP contribution in [0.2, 0.25) is 0 Å². The molecule has 0 aromatic carbocycles. The molecule has 0 amide bonds. The smallest absolute Gasteiger partial charge is 0.427 e. The van der Waals surface area contributed by atoms with Crippen LogP contribution in [0.4, 0.5) is 15.0 Å². The average Bonchev–Trinajstić information content (AvgIpc) is 3.41. The molecule has 0 unspecified atom stereocenters. The van der Waals surface area contributed by atoms with E-state index in [2.05, 4.69) is 25.3 Å². The van der Waals surface area contributed by atoms with Crippen LogP contribution in [0.15, 0.2) is 20.0 Å². The SMILES string of the molecule is C#C[C@]1(CO)O[C@@H](n2cnc3c(N)nc(F)nc32)C[C@@H]1OC(=O)OCc1oc(=O)oc1C. The molecule has 168 valence electrons. The fourth-order valence-electron chi connectivity index (χ4n) is 3.27. The van der Waals surface area contributed by atoms with Crippen molar-refractivity contribution in [1.82, 2.24) is 19.5 Å². The Bertz CT molecular complexity index is 1280. The van der Waals surface area contributed by atoms with Gasteiger partial charge in [-0.15, -0.1) is 6.42 Å². The highest BCUT2D eigenvalue weighted by Crippen LogP contribution is 2.39. The van der Waals surface area contributed by atoms with Crippen molar-refractivity contribution in [2.24, 2.45) is 0 Å². The Kier molecular flexibility index (Phi) is 5.28. The number of nitrogens with two attached hydrogens (primary N) is 1. The first-order valence-electron chi connectivity index (χ1n) is 9.11. The van der Waals surface area contributed by atoms with Crippen molar-refractivity contribution in [1.29, 1.82) is 0 Å². The maximum Gasteiger partial charge on any atom is 0.519 e. The Labute approximate surface area is 177 Å². The van der Waals surface area contributed by atoms with Crippen LogP contribution in [-0.4, -0.2) is 49.1 Å². The highest BCUT2D eigenvalue weighted by molar-refractivity contribution is 5.81. The predicted molar refractivity (Wildman–Crippen MR) is 100 cm³/mol. The van der Waals surface area contributed by atoms with E-state index < -0.39 is 49.2 Å². The number of nitrogen functional groups attached to an aromatic ring is 1. The van der Waals surface area contributed by atoms with Crippen LogP contribution in [0.1, 0.15) is 24.2 Å². The normalized spacial score (nSPS) is 22.7. The first kappa shape index (κ1) is 21.3. The van der Waals surface area contributed by atoms with Crippen LogP contribution < -0.4 is 11.6 Å². The van der Waals surface area contributed by atoms with E-state index in [4.69, 9.17) is 30.8 Å². The average molecular weight is 449 g/mol. The molecule has 1 aliphatic rings. The van der Waals surface area contributed by atoms with Crippen LogP contribution in [0, 0.1) is 25.3 Å². The molecule has 1 saturated heterocycles. The summed E-state index contributed by atoms with van der Waals surface area (Å²) in [6.07, 6.45) is 2.44. The minimum atomic E-state index is -1.73. The standard InChI is InChI=1S/C18H16FN5O8/c1-3-18(6-25)10(31-16(26)28-5-9-8(2)29-17(27)30-9)4-11(32-18)24-7-21-12-13(20)22-15(19)23-14(12)24/h1,7,10-11,25H,4-6H2,2H3,(H2,20,22,23)/t10-,11+,18+/m0/s1. The summed E-state index contributed by atoms with van der Waals surface area (Å²) in [6, 6.07) is 0. The van der Waals surface area contributed by atoms with Crippen molar-refractivity contribution in [3.63, 3.8) is 0 Å². The van der Waals surface area contributed by atoms with Crippen LogP contribution >= 0.6 is 0 Å². The van der Waals surface area contributed by atoms with E-state index in [-0.39, 0.29) is 34.9 Å². The Morgan fingerprint density at radius 1 is 1.50 bits per heavy atom. The first-order chi connectivity index (χ1) is 15.3. The summed E-state index contributed by atoms with van der Waals surface area (Å²) in [5, 5.41) is 9.87. The topological polar surface area (TPSA) is 178 Å². The number of aryl methyl sites for hydroxylation is 1. The van der Waals surface area contributed by atoms with E-state index >= 15 is 0 Å². The molecule has 0 saturated carbocycles. The summed E-state index contributed by atoms with van der Waals surface area (Å²) in [5.74, 6) is 1.31. The number of terminal acetylenes is 1. The summed E-state index contributed by atoms with van der Waals surface area (Å²) in [6.45, 7) is 0.317. The highest BCUT2D eigenvalue weighted by Gasteiger charge is 2.51. The number of carbonyl (C=O) groups excluding carboxylic acids is 1. The van der Waals surface area contributed by atoms with Gasteiger partial charge in [0.15, 0.2) is 46.8 Å². The number of imidazole rings is 1. The van der Waals surface area contributed by atoms with Gasteiger partial charge in [-0.05, 0) is 6.92 Å². The zero-order chi connectivity index (χ0) is 23.0. The zero-order valence-corrected chi connectivity index (χ0v) is 16.5. The van der Waals surface area contributed by atoms with Crippen molar-refractivity contribution < 1.29 is 37.3 Å². The van der Waals surface area contributed by atoms with Gasteiger partial charge in [-0.1, -0.05) is 5.92 Å². The highest BCUT2D eigenvalue weighted by atomic mass is 19.1. The largest absolute Gasteiger partial charge is 0.519 e. The van der Waals surface area contributed by atoms with Gasteiger partial charge in [-0.3, -0.25) is 4.57 Å². The van der Waals surface area contributed by atoms with Gasteiger partial charge in [0.05, 0.1) is 12.9 Å². The van der Waals surface area contributed by atoms with Crippen LogP contribution in [-0.2, 0) is 20.8 Å². The monoisotopic (exact) mass is 449 g/mol. The number of rotatable bonds is 5. The number of ether oxygens (including phenoxy) is 3. The molecule has 0 spiro atoms. The molecule has 14 heteroatoms. The third-order valence-electron chi connectivity index (χ3n) is 4.89. The second kappa shape index (κ2) is 7.94. The third kappa shape index (κ3) is 3.63. The van der Waals surface area contributed by atoms with Crippen molar-refractivity contribution >= 4 is 23.1 Å². The number of halogens is 1. The van der Waals surface area contributed by atoms with Crippen LogP contribution in [0.5, 0.6) is 0 Å². The van der Waals surface area contributed by atoms with E-state index in [0.717, 1.165) is 0 Å². The maximum atomic E-state index is 13.7. The number of aromatic nitrogens is 4. The van der Waals surface area contributed by atoms with E-state index in [0.29, 0.717) is 0 Å². The maximum absolute atomic E-state index is 13.7. The van der Waals surface area contributed by atoms with Crippen LogP contribution in [0.25, 0.3) is 11.2 Å². The minimum Gasteiger partial charge on any atom is -0.427 e. The van der Waals surface area contributed by atoms with E-state index in [1.807, 2.05) is 0 Å². The molecular formula is C18H16FN5O8. The summed E-state index contributed by atoms with van der Waals surface area (Å²) < 4.78 is 40.4. The molecule has 1 fully saturated rings. The summed E-state index contributed by atoms with van der Waals surface area (Å²) in [4.78, 5) is 34.4. The molecule has 0 bridgehead atoms. The number of carbonyl (C=O) groups is 1. The Morgan fingerprint density at radius 2 is 2.28 bits per heavy atom. The number of hydrogen-bond acceptors (Lipinski definition) is 12. The van der Waals surface area contributed by atoms with Gasteiger partial charge < -0.3 is 33.9 Å². The minimum absolute atomic E-state index is 0.00190. The summed E-state index contributed by atoms with van der Waals surface area (Å²) >= 11 is 0. The fraction of sp³-hybridized carbons (Fsp3) is 0.389. The molecule has 3 atom stereocenters. The molecule has 0 aliphatic carbocycles. The van der Waals surface area contributed by atoms with Gasteiger partial charge in [-0.25, -0.2) is 14.6 Å². The van der Waals surface area contributed by atoms with E-state index in [1.54, 1.807) is 0 Å². The van der Waals surface area contributed by atoms with Crippen LogP contribution in [0.3, 0.4) is 0 Å². The van der Waals surface area contributed by atoms with Gasteiger partial charge in [0.2, 0.25) is 0 Å². The molecule has 32 heavy (non-hydrogen) atoms. The molecule has 3 aromatic rings. The predicted octanol–water partition coefficient (Wildman–Crippen LogP) is 0.407. The number of aliphatic hydroxyl groups is 1.